The molecule has 0 saturated carbocycles. The Morgan fingerprint density at radius 2 is 1.89 bits per heavy atom. The summed E-state index contributed by atoms with van der Waals surface area (Å²) in [5.74, 6) is 0.813. The molecule has 0 aliphatic carbocycles. The van der Waals surface area contributed by atoms with Crippen molar-refractivity contribution >= 4 is 22.6 Å². The third-order valence-corrected chi connectivity index (χ3v) is 5.94. The molecular formula is C26H29N5O5. The van der Waals surface area contributed by atoms with Crippen LogP contribution < -0.4 is 25.8 Å². The monoisotopic (exact) mass is 491 g/mol. The average molecular weight is 492 g/mol. The van der Waals surface area contributed by atoms with E-state index in [-0.39, 0.29) is 22.0 Å². The molecule has 0 spiro atoms. The first-order valence-electron chi connectivity index (χ1n) is 11.6. The first-order chi connectivity index (χ1) is 17.5. The molecule has 4 aromatic rings. The molecule has 0 aliphatic heterocycles. The number of aryl methyl sites for hydroxylation is 1. The number of carbonyl (C=O) groups is 1. The number of hydrogen-bond donors (Lipinski definition) is 2. The Hall–Kier alpha value is -4.18. The molecule has 2 N–H and O–H groups in total. The number of hydrogen-bond acceptors (Lipinski definition) is 7. The van der Waals surface area contributed by atoms with Gasteiger partial charge in [-0.15, -0.1) is 0 Å². The number of rotatable bonds is 10. The Labute approximate surface area is 207 Å². The van der Waals surface area contributed by atoms with E-state index in [0.717, 1.165) is 5.56 Å². The van der Waals surface area contributed by atoms with Gasteiger partial charge in [-0.2, -0.15) is 0 Å². The van der Waals surface area contributed by atoms with Gasteiger partial charge in [0.1, 0.15) is 16.8 Å². The average Bonchev–Trinajstić information content (AvgIpc) is 2.90. The fraction of sp³-hybridized carbons (Fsp3) is 0.308. The zero-order valence-electron chi connectivity index (χ0n) is 20.5. The predicted octanol–water partition coefficient (Wildman–Crippen LogP) is 2.15. The van der Waals surface area contributed by atoms with Crippen LogP contribution in [0.25, 0.3) is 16.7 Å². The fourth-order valence-electron chi connectivity index (χ4n) is 4.10. The lowest BCUT2D eigenvalue weighted by molar-refractivity contribution is 0.0951. The molecule has 0 atom stereocenters. The summed E-state index contributed by atoms with van der Waals surface area (Å²) >= 11 is 0. The third-order valence-electron chi connectivity index (χ3n) is 5.94. The molecule has 4 rings (SSSR count). The number of aromatic nitrogens is 3. The Morgan fingerprint density at radius 1 is 1.08 bits per heavy atom. The number of nitrogens with one attached hydrogen (secondary N) is 2. The molecule has 36 heavy (non-hydrogen) atoms. The van der Waals surface area contributed by atoms with Gasteiger partial charge in [0.05, 0.1) is 25.2 Å². The predicted molar refractivity (Wildman–Crippen MR) is 135 cm³/mol. The minimum atomic E-state index is -0.430. The number of benzene rings is 1. The lowest BCUT2D eigenvalue weighted by atomic mass is 10.1. The Morgan fingerprint density at radius 3 is 2.64 bits per heavy atom. The van der Waals surface area contributed by atoms with Gasteiger partial charge in [0.2, 0.25) is 0 Å². The molecule has 10 heteroatoms. The molecule has 3 aromatic heterocycles. The van der Waals surface area contributed by atoms with Crippen molar-refractivity contribution in [1.29, 1.82) is 5.41 Å². The summed E-state index contributed by atoms with van der Waals surface area (Å²) in [7, 11) is 4.75. The highest BCUT2D eigenvalue weighted by molar-refractivity contribution is 5.96. The van der Waals surface area contributed by atoms with E-state index in [1.807, 2.05) is 18.2 Å². The molecule has 188 valence electrons. The summed E-state index contributed by atoms with van der Waals surface area (Å²) in [5.41, 5.74) is 1.61. The summed E-state index contributed by atoms with van der Waals surface area (Å²) < 4.78 is 18.8. The van der Waals surface area contributed by atoms with E-state index in [1.54, 1.807) is 50.3 Å². The molecule has 0 fully saturated rings. The number of nitrogens with zero attached hydrogens (tertiary/aromatic N) is 3. The van der Waals surface area contributed by atoms with Gasteiger partial charge in [0.25, 0.3) is 11.5 Å². The number of pyridine rings is 2. The van der Waals surface area contributed by atoms with Crippen LogP contribution in [-0.2, 0) is 17.7 Å². The maximum Gasteiger partial charge on any atom is 0.267 e. The van der Waals surface area contributed by atoms with Crippen molar-refractivity contribution in [2.45, 2.75) is 19.4 Å². The van der Waals surface area contributed by atoms with Gasteiger partial charge in [-0.25, -0.2) is 4.98 Å². The van der Waals surface area contributed by atoms with E-state index >= 15 is 0 Å². The minimum Gasteiger partial charge on any atom is -0.493 e. The molecule has 0 bridgehead atoms. The van der Waals surface area contributed by atoms with Crippen LogP contribution in [0.1, 0.15) is 22.3 Å². The highest BCUT2D eigenvalue weighted by atomic mass is 16.5. The van der Waals surface area contributed by atoms with E-state index < -0.39 is 5.91 Å². The first kappa shape index (κ1) is 24.9. The maximum atomic E-state index is 13.2. The quantitative estimate of drug-likeness (QED) is 0.259. The Bertz CT molecular complexity index is 1530. The highest BCUT2D eigenvalue weighted by Crippen LogP contribution is 2.27. The maximum absolute atomic E-state index is 13.2. The van der Waals surface area contributed by atoms with E-state index in [1.165, 1.54) is 10.5 Å². The molecule has 0 radical (unpaired) electrons. The van der Waals surface area contributed by atoms with Gasteiger partial charge in [-0.1, -0.05) is 12.1 Å². The van der Waals surface area contributed by atoms with Gasteiger partial charge >= 0.3 is 0 Å². The third kappa shape index (κ3) is 4.94. The number of carbonyl (C=O) groups excluding carboxylic acids is 1. The van der Waals surface area contributed by atoms with Crippen molar-refractivity contribution in [1.82, 2.24) is 19.3 Å². The lowest BCUT2D eigenvalue weighted by Crippen LogP contribution is -2.35. The van der Waals surface area contributed by atoms with Crippen LogP contribution in [0.15, 0.2) is 53.5 Å². The van der Waals surface area contributed by atoms with Gasteiger partial charge in [-0.3, -0.25) is 19.4 Å². The number of methoxy groups -OCH3 is 3. The Kier molecular flexibility index (Phi) is 7.65. The van der Waals surface area contributed by atoms with Gasteiger partial charge in [0, 0.05) is 33.0 Å². The molecule has 0 saturated heterocycles. The highest BCUT2D eigenvalue weighted by Gasteiger charge is 2.17. The van der Waals surface area contributed by atoms with Crippen LogP contribution in [0.4, 0.5) is 0 Å². The zero-order chi connectivity index (χ0) is 25.7. The smallest absolute Gasteiger partial charge is 0.267 e. The second kappa shape index (κ2) is 11.0. The first-order valence-corrected chi connectivity index (χ1v) is 11.6. The lowest BCUT2D eigenvalue weighted by Gasteiger charge is -2.15. The van der Waals surface area contributed by atoms with Crippen LogP contribution in [-0.4, -0.2) is 54.3 Å². The van der Waals surface area contributed by atoms with Crippen molar-refractivity contribution < 1.29 is 19.0 Å². The largest absolute Gasteiger partial charge is 0.493 e. The molecule has 10 nitrogen and oxygen atoms in total. The molecule has 0 aliphatic rings. The second-order valence-electron chi connectivity index (χ2n) is 8.18. The summed E-state index contributed by atoms with van der Waals surface area (Å²) in [6.45, 7) is 1.19. The van der Waals surface area contributed by atoms with Crippen molar-refractivity contribution in [2.24, 2.45) is 0 Å². The molecule has 3 heterocycles. The van der Waals surface area contributed by atoms with Crippen LogP contribution in [0.2, 0.25) is 0 Å². The fourth-order valence-corrected chi connectivity index (χ4v) is 4.10. The van der Waals surface area contributed by atoms with E-state index in [2.05, 4.69) is 10.3 Å². The van der Waals surface area contributed by atoms with Crippen molar-refractivity contribution in [3.05, 3.63) is 75.6 Å². The standard InChI is InChI=1S/C26H29N5O5/c1-34-14-6-13-31-23(27)18(16-19-24(31)29-22-7-4-5-12-30(22)26(19)33)25(32)28-11-10-17-8-9-20(35-2)21(15-17)36-3/h4-5,7-9,12,15-16,27H,6,10-11,13-14H2,1-3H3,(H,28,32). The summed E-state index contributed by atoms with van der Waals surface area (Å²) in [6, 6.07) is 12.3. The van der Waals surface area contributed by atoms with Crippen LogP contribution >= 0.6 is 0 Å². The molecule has 1 amide bonds. The van der Waals surface area contributed by atoms with E-state index in [9.17, 15) is 9.59 Å². The number of ether oxygens (including phenoxy) is 3. The minimum absolute atomic E-state index is 0.00518. The van der Waals surface area contributed by atoms with Crippen molar-refractivity contribution in [2.75, 3.05) is 34.5 Å². The second-order valence-corrected chi connectivity index (χ2v) is 8.18. The van der Waals surface area contributed by atoms with Gasteiger partial charge in [-0.05, 0) is 48.7 Å². The molecule has 0 unspecified atom stereocenters. The summed E-state index contributed by atoms with van der Waals surface area (Å²) in [5, 5.41) is 11.9. The molecular weight excluding hydrogens is 462 g/mol. The SMILES string of the molecule is COCCCn1c(=N)c(C(=O)NCCc2ccc(OC)c(OC)c2)cc2c(=O)n3ccccc3nc21. The summed E-state index contributed by atoms with van der Waals surface area (Å²) in [6.07, 6.45) is 2.79. The number of amides is 1. The van der Waals surface area contributed by atoms with Gasteiger partial charge < -0.3 is 24.1 Å². The van der Waals surface area contributed by atoms with Crippen LogP contribution in [0.5, 0.6) is 11.5 Å². The summed E-state index contributed by atoms with van der Waals surface area (Å²) in [4.78, 5) is 31.0. The van der Waals surface area contributed by atoms with Crippen LogP contribution in [0.3, 0.4) is 0 Å². The van der Waals surface area contributed by atoms with Crippen molar-refractivity contribution in [3.63, 3.8) is 0 Å². The van der Waals surface area contributed by atoms with E-state index in [4.69, 9.17) is 19.6 Å². The van der Waals surface area contributed by atoms with Crippen LogP contribution in [0, 0.1) is 5.41 Å². The van der Waals surface area contributed by atoms with Gasteiger partial charge in [0.15, 0.2) is 11.5 Å². The van der Waals surface area contributed by atoms with Crippen molar-refractivity contribution in [3.8, 4) is 11.5 Å². The zero-order valence-corrected chi connectivity index (χ0v) is 20.5. The topological polar surface area (TPSA) is 120 Å². The van der Waals surface area contributed by atoms with E-state index in [0.29, 0.717) is 55.3 Å². The Balaban J connectivity index is 1.66. The molecule has 1 aromatic carbocycles. The number of fused-ring (bicyclic) bond motifs is 2. The normalized spacial score (nSPS) is 11.1.